The summed E-state index contributed by atoms with van der Waals surface area (Å²) in [5.74, 6) is 0.937. The Morgan fingerprint density at radius 3 is 2.64 bits per heavy atom. The minimum absolute atomic E-state index is 0.681. The maximum Gasteiger partial charge on any atom is 0.119 e. The fraction of sp³-hybridized carbons (Fsp3) is 0.231. The Hall–Kier alpha value is -1.50. The molecule has 0 heterocycles. The molecule has 0 fully saturated rings. The van der Waals surface area contributed by atoms with Crippen molar-refractivity contribution in [2.45, 2.75) is 12.8 Å². The lowest BCUT2D eigenvalue weighted by atomic mass is 10.1. The van der Waals surface area contributed by atoms with Crippen molar-refractivity contribution in [1.82, 2.24) is 0 Å². The van der Waals surface area contributed by atoms with Crippen LogP contribution in [0.1, 0.15) is 12.8 Å². The van der Waals surface area contributed by atoms with Crippen LogP contribution >= 0.6 is 0 Å². The van der Waals surface area contributed by atoms with Crippen LogP contribution < -0.4 is 4.74 Å². The Morgan fingerprint density at radius 2 is 1.93 bits per heavy atom. The maximum absolute atomic E-state index is 5.63. The van der Waals surface area contributed by atoms with Crippen LogP contribution in [0.2, 0.25) is 0 Å². The average molecular weight is 186 g/mol. The van der Waals surface area contributed by atoms with Crippen molar-refractivity contribution >= 4 is 0 Å². The van der Waals surface area contributed by atoms with Gasteiger partial charge in [0.25, 0.3) is 0 Å². The van der Waals surface area contributed by atoms with Gasteiger partial charge in [-0.25, -0.2) is 0 Å². The van der Waals surface area contributed by atoms with Crippen molar-refractivity contribution in [2.24, 2.45) is 0 Å². The van der Waals surface area contributed by atoms with Crippen molar-refractivity contribution in [3.8, 4) is 5.75 Å². The van der Waals surface area contributed by atoms with Crippen LogP contribution in [0.25, 0.3) is 0 Å². The van der Waals surface area contributed by atoms with E-state index >= 15 is 0 Å². The standard InChI is InChI=1S/C13H14O/c1-3-7-12(8-4-1)11-14-13-9-5-2-6-10-13/h2-3,5-10H,1,4,11H2. The Morgan fingerprint density at radius 1 is 1.07 bits per heavy atom. The highest BCUT2D eigenvalue weighted by atomic mass is 16.5. The van der Waals surface area contributed by atoms with Crippen molar-refractivity contribution < 1.29 is 4.74 Å². The van der Waals surface area contributed by atoms with Crippen LogP contribution in [0.15, 0.2) is 54.1 Å². The molecule has 0 saturated heterocycles. The number of hydrogen-bond acceptors (Lipinski definition) is 1. The van der Waals surface area contributed by atoms with E-state index in [1.807, 2.05) is 30.3 Å². The largest absolute Gasteiger partial charge is 0.489 e. The molecule has 1 aromatic carbocycles. The van der Waals surface area contributed by atoms with Gasteiger partial charge >= 0.3 is 0 Å². The summed E-state index contributed by atoms with van der Waals surface area (Å²) in [6.45, 7) is 0.681. The van der Waals surface area contributed by atoms with Gasteiger partial charge < -0.3 is 4.74 Å². The third-order valence-corrected chi connectivity index (χ3v) is 2.22. The SMILES string of the molecule is C1=CC(COc2ccccc2)=CCC1. The molecule has 1 heteroatoms. The van der Waals surface area contributed by atoms with E-state index in [2.05, 4.69) is 18.2 Å². The van der Waals surface area contributed by atoms with Crippen molar-refractivity contribution in [2.75, 3.05) is 6.61 Å². The van der Waals surface area contributed by atoms with Crippen LogP contribution in [-0.2, 0) is 0 Å². The number of ether oxygens (including phenoxy) is 1. The highest BCUT2D eigenvalue weighted by molar-refractivity contribution is 5.26. The van der Waals surface area contributed by atoms with Crippen LogP contribution in [0.3, 0.4) is 0 Å². The van der Waals surface area contributed by atoms with E-state index in [-0.39, 0.29) is 0 Å². The summed E-state index contributed by atoms with van der Waals surface area (Å²) >= 11 is 0. The molecular weight excluding hydrogens is 172 g/mol. The quantitative estimate of drug-likeness (QED) is 0.703. The second-order valence-electron chi connectivity index (χ2n) is 3.36. The van der Waals surface area contributed by atoms with Gasteiger partial charge in [-0.15, -0.1) is 0 Å². The summed E-state index contributed by atoms with van der Waals surface area (Å²) < 4.78 is 5.63. The molecule has 0 bridgehead atoms. The Labute approximate surface area is 84.7 Å². The number of para-hydroxylation sites is 1. The van der Waals surface area contributed by atoms with Gasteiger partial charge in [-0.3, -0.25) is 0 Å². The van der Waals surface area contributed by atoms with Gasteiger partial charge in [0.1, 0.15) is 12.4 Å². The molecule has 1 aromatic rings. The first-order valence-electron chi connectivity index (χ1n) is 4.98. The lowest BCUT2D eigenvalue weighted by molar-refractivity contribution is 0.354. The molecular formula is C13H14O. The third kappa shape index (κ3) is 2.49. The van der Waals surface area contributed by atoms with Gasteiger partial charge in [0.15, 0.2) is 0 Å². The van der Waals surface area contributed by atoms with E-state index in [1.165, 1.54) is 5.57 Å². The molecule has 0 radical (unpaired) electrons. The molecule has 0 saturated carbocycles. The first-order chi connectivity index (χ1) is 6.95. The molecule has 0 amide bonds. The summed E-state index contributed by atoms with van der Waals surface area (Å²) in [5.41, 5.74) is 1.28. The van der Waals surface area contributed by atoms with Gasteiger partial charge in [-0.1, -0.05) is 36.4 Å². The summed E-state index contributed by atoms with van der Waals surface area (Å²) in [6.07, 6.45) is 8.89. The van der Waals surface area contributed by atoms with E-state index < -0.39 is 0 Å². The fourth-order valence-electron chi connectivity index (χ4n) is 1.46. The van der Waals surface area contributed by atoms with E-state index in [9.17, 15) is 0 Å². The van der Waals surface area contributed by atoms with Crippen LogP contribution in [0.5, 0.6) is 5.75 Å². The highest BCUT2D eigenvalue weighted by Crippen LogP contribution is 2.13. The predicted octanol–water partition coefficient (Wildman–Crippen LogP) is 3.34. The van der Waals surface area contributed by atoms with Crippen molar-refractivity contribution in [1.29, 1.82) is 0 Å². The monoisotopic (exact) mass is 186 g/mol. The fourth-order valence-corrected chi connectivity index (χ4v) is 1.46. The summed E-state index contributed by atoms with van der Waals surface area (Å²) in [7, 11) is 0. The zero-order valence-corrected chi connectivity index (χ0v) is 8.15. The summed E-state index contributed by atoms with van der Waals surface area (Å²) in [4.78, 5) is 0. The van der Waals surface area contributed by atoms with Gasteiger partial charge in [-0.2, -0.15) is 0 Å². The zero-order chi connectivity index (χ0) is 9.64. The lowest BCUT2D eigenvalue weighted by Gasteiger charge is -2.08. The van der Waals surface area contributed by atoms with Crippen molar-refractivity contribution in [3.05, 3.63) is 54.1 Å². The van der Waals surface area contributed by atoms with E-state index in [4.69, 9.17) is 4.74 Å². The minimum Gasteiger partial charge on any atom is -0.489 e. The number of rotatable bonds is 3. The second-order valence-corrected chi connectivity index (χ2v) is 3.36. The highest BCUT2D eigenvalue weighted by Gasteiger charge is 1.98. The molecule has 72 valence electrons. The molecule has 0 unspecified atom stereocenters. The van der Waals surface area contributed by atoms with Gasteiger partial charge in [0.2, 0.25) is 0 Å². The number of benzene rings is 1. The first-order valence-corrected chi connectivity index (χ1v) is 4.98. The van der Waals surface area contributed by atoms with E-state index in [0.717, 1.165) is 18.6 Å². The minimum atomic E-state index is 0.681. The summed E-state index contributed by atoms with van der Waals surface area (Å²) in [6, 6.07) is 9.92. The first kappa shape index (κ1) is 9.07. The van der Waals surface area contributed by atoms with E-state index in [1.54, 1.807) is 0 Å². The van der Waals surface area contributed by atoms with Crippen LogP contribution in [0, 0.1) is 0 Å². The smallest absolute Gasteiger partial charge is 0.119 e. The molecule has 0 aliphatic heterocycles. The van der Waals surface area contributed by atoms with Crippen LogP contribution in [-0.4, -0.2) is 6.61 Å². The molecule has 1 nitrogen and oxygen atoms in total. The molecule has 0 spiro atoms. The van der Waals surface area contributed by atoms with Gasteiger partial charge in [0, 0.05) is 0 Å². The van der Waals surface area contributed by atoms with Gasteiger partial charge in [0.05, 0.1) is 0 Å². The molecule has 2 rings (SSSR count). The van der Waals surface area contributed by atoms with Crippen LogP contribution in [0.4, 0.5) is 0 Å². The topological polar surface area (TPSA) is 9.23 Å². The third-order valence-electron chi connectivity index (χ3n) is 2.22. The van der Waals surface area contributed by atoms with Gasteiger partial charge in [-0.05, 0) is 30.5 Å². The zero-order valence-electron chi connectivity index (χ0n) is 8.15. The number of allylic oxidation sites excluding steroid dienone is 2. The Bertz CT molecular complexity index is 336. The molecule has 14 heavy (non-hydrogen) atoms. The molecule has 1 aliphatic carbocycles. The second kappa shape index (κ2) is 4.66. The summed E-state index contributed by atoms with van der Waals surface area (Å²) in [5, 5.41) is 0. The average Bonchev–Trinajstić information content (AvgIpc) is 2.29. The lowest BCUT2D eigenvalue weighted by Crippen LogP contribution is -2.00. The Kier molecular flexibility index (Phi) is 3.02. The number of hydrogen-bond donors (Lipinski definition) is 0. The Balaban J connectivity index is 1.88. The molecule has 1 aliphatic rings. The molecule has 0 aromatic heterocycles. The van der Waals surface area contributed by atoms with Crippen molar-refractivity contribution in [3.63, 3.8) is 0 Å². The molecule has 0 N–H and O–H groups in total. The molecule has 0 atom stereocenters. The van der Waals surface area contributed by atoms with E-state index in [0.29, 0.717) is 6.61 Å². The normalized spacial score (nSPS) is 15.0. The maximum atomic E-state index is 5.63. The predicted molar refractivity (Wildman–Crippen MR) is 58.4 cm³/mol.